The minimum absolute atomic E-state index is 0.406. The predicted octanol–water partition coefficient (Wildman–Crippen LogP) is 4.88. The van der Waals surface area contributed by atoms with Gasteiger partial charge < -0.3 is 5.32 Å². The Labute approximate surface area is 120 Å². The highest BCUT2D eigenvalue weighted by atomic mass is 14.9. The maximum atomic E-state index is 3.56. The molecule has 0 aliphatic rings. The lowest BCUT2D eigenvalue weighted by molar-refractivity contribution is 0.795. The number of para-hydroxylation sites is 1. The number of hydrogen-bond acceptors (Lipinski definition) is 1. The van der Waals surface area contributed by atoms with Crippen molar-refractivity contribution in [2.45, 2.75) is 19.4 Å². The van der Waals surface area contributed by atoms with Gasteiger partial charge in [0.15, 0.2) is 0 Å². The third kappa shape index (κ3) is 2.83. The monoisotopic (exact) mass is 261 g/mol. The second-order valence-electron chi connectivity index (χ2n) is 5.25. The van der Waals surface area contributed by atoms with E-state index in [4.69, 9.17) is 0 Å². The Morgan fingerprint density at radius 2 is 1.50 bits per heavy atom. The maximum absolute atomic E-state index is 3.56. The molecule has 3 aromatic rings. The highest BCUT2D eigenvalue weighted by Crippen LogP contribution is 2.20. The zero-order valence-corrected chi connectivity index (χ0v) is 11.7. The molecule has 0 aliphatic carbocycles. The molecule has 3 rings (SSSR count). The summed E-state index contributed by atoms with van der Waals surface area (Å²) in [6.07, 6.45) is 1.02. The van der Waals surface area contributed by atoms with Gasteiger partial charge in [0.2, 0.25) is 0 Å². The molecule has 0 aromatic heterocycles. The van der Waals surface area contributed by atoms with E-state index in [9.17, 15) is 0 Å². The van der Waals surface area contributed by atoms with Gasteiger partial charge in [-0.25, -0.2) is 0 Å². The second-order valence-corrected chi connectivity index (χ2v) is 5.25. The molecule has 0 aliphatic heterocycles. The molecule has 0 heterocycles. The number of nitrogens with one attached hydrogen (secondary N) is 1. The van der Waals surface area contributed by atoms with Crippen molar-refractivity contribution >= 4 is 16.5 Å². The van der Waals surface area contributed by atoms with Crippen molar-refractivity contribution in [2.24, 2.45) is 0 Å². The second kappa shape index (κ2) is 5.79. The molecular formula is C19H19N. The molecule has 0 radical (unpaired) electrons. The van der Waals surface area contributed by atoms with Crippen molar-refractivity contribution in [3.05, 3.63) is 78.4 Å². The van der Waals surface area contributed by atoms with Crippen LogP contribution in [0.1, 0.15) is 12.5 Å². The van der Waals surface area contributed by atoms with Crippen LogP contribution in [0.2, 0.25) is 0 Å². The molecule has 0 saturated carbocycles. The van der Waals surface area contributed by atoms with E-state index in [1.165, 1.54) is 22.0 Å². The van der Waals surface area contributed by atoms with Crippen LogP contribution in [0.3, 0.4) is 0 Å². The minimum Gasteiger partial charge on any atom is -0.382 e. The van der Waals surface area contributed by atoms with Crippen molar-refractivity contribution in [3.63, 3.8) is 0 Å². The van der Waals surface area contributed by atoms with Gasteiger partial charge in [-0.15, -0.1) is 0 Å². The summed E-state index contributed by atoms with van der Waals surface area (Å²) in [6, 6.07) is 25.9. The van der Waals surface area contributed by atoms with Crippen LogP contribution in [0.25, 0.3) is 10.8 Å². The molecule has 0 amide bonds. The summed E-state index contributed by atoms with van der Waals surface area (Å²) in [5.74, 6) is 0. The highest BCUT2D eigenvalue weighted by molar-refractivity contribution is 5.85. The highest BCUT2D eigenvalue weighted by Gasteiger charge is 2.06. The van der Waals surface area contributed by atoms with Gasteiger partial charge in [0.05, 0.1) is 0 Å². The van der Waals surface area contributed by atoms with Crippen LogP contribution >= 0.6 is 0 Å². The fourth-order valence-corrected chi connectivity index (χ4v) is 2.67. The van der Waals surface area contributed by atoms with E-state index >= 15 is 0 Å². The molecule has 1 unspecified atom stereocenters. The predicted molar refractivity (Wildman–Crippen MR) is 87.2 cm³/mol. The van der Waals surface area contributed by atoms with Crippen LogP contribution in [0, 0.1) is 0 Å². The zero-order valence-electron chi connectivity index (χ0n) is 11.7. The molecule has 1 nitrogen and oxygen atoms in total. The number of fused-ring (bicyclic) bond motifs is 1. The van der Waals surface area contributed by atoms with Crippen molar-refractivity contribution in [1.82, 2.24) is 0 Å². The molecule has 3 aromatic carbocycles. The summed E-state index contributed by atoms with van der Waals surface area (Å²) in [5, 5.41) is 6.23. The van der Waals surface area contributed by atoms with Crippen LogP contribution in [0.5, 0.6) is 0 Å². The number of rotatable bonds is 4. The van der Waals surface area contributed by atoms with Gasteiger partial charge in [-0.05, 0) is 41.8 Å². The standard InChI is InChI=1S/C19H19N/c1-15(20-18-11-3-2-4-12-18)14-17-10-7-9-16-8-5-6-13-19(16)17/h2-13,15,20H,14H2,1H3. The van der Waals surface area contributed by atoms with Crippen LogP contribution in [-0.4, -0.2) is 6.04 Å². The smallest absolute Gasteiger partial charge is 0.0342 e. The molecule has 1 N–H and O–H groups in total. The molecule has 100 valence electrons. The lowest BCUT2D eigenvalue weighted by atomic mass is 9.99. The summed E-state index contributed by atoms with van der Waals surface area (Å²) >= 11 is 0. The average Bonchev–Trinajstić information content (AvgIpc) is 2.48. The lowest BCUT2D eigenvalue weighted by Crippen LogP contribution is -2.18. The van der Waals surface area contributed by atoms with Crippen molar-refractivity contribution in [3.8, 4) is 0 Å². The molecule has 0 spiro atoms. The molecule has 0 bridgehead atoms. The molecule has 0 fully saturated rings. The van der Waals surface area contributed by atoms with Gasteiger partial charge in [-0.1, -0.05) is 60.7 Å². The zero-order chi connectivity index (χ0) is 13.8. The lowest BCUT2D eigenvalue weighted by Gasteiger charge is -2.16. The van der Waals surface area contributed by atoms with Gasteiger partial charge in [-0.2, -0.15) is 0 Å². The third-order valence-corrected chi connectivity index (χ3v) is 3.59. The van der Waals surface area contributed by atoms with Gasteiger partial charge in [0.25, 0.3) is 0 Å². The normalized spacial score (nSPS) is 12.2. The Hall–Kier alpha value is -2.28. The first-order valence-electron chi connectivity index (χ1n) is 7.11. The Balaban J connectivity index is 1.79. The Bertz CT molecular complexity index is 683. The van der Waals surface area contributed by atoms with E-state index in [0.29, 0.717) is 6.04 Å². The number of hydrogen-bond donors (Lipinski definition) is 1. The van der Waals surface area contributed by atoms with Crippen molar-refractivity contribution in [1.29, 1.82) is 0 Å². The fraction of sp³-hybridized carbons (Fsp3) is 0.158. The minimum atomic E-state index is 0.406. The van der Waals surface area contributed by atoms with Crippen LogP contribution in [0.4, 0.5) is 5.69 Å². The Morgan fingerprint density at radius 1 is 0.800 bits per heavy atom. The van der Waals surface area contributed by atoms with Gasteiger partial charge >= 0.3 is 0 Å². The topological polar surface area (TPSA) is 12.0 Å². The van der Waals surface area contributed by atoms with E-state index in [1.807, 2.05) is 6.07 Å². The molecule has 20 heavy (non-hydrogen) atoms. The first-order valence-corrected chi connectivity index (χ1v) is 7.11. The fourth-order valence-electron chi connectivity index (χ4n) is 2.67. The molecule has 0 saturated heterocycles. The van der Waals surface area contributed by atoms with Gasteiger partial charge in [0, 0.05) is 11.7 Å². The van der Waals surface area contributed by atoms with Crippen molar-refractivity contribution < 1.29 is 0 Å². The third-order valence-electron chi connectivity index (χ3n) is 3.59. The molecule has 1 atom stereocenters. The summed E-state index contributed by atoms with van der Waals surface area (Å²) in [4.78, 5) is 0. The first kappa shape index (κ1) is 12.7. The summed E-state index contributed by atoms with van der Waals surface area (Å²) in [6.45, 7) is 2.23. The van der Waals surface area contributed by atoms with Crippen LogP contribution in [0.15, 0.2) is 72.8 Å². The number of benzene rings is 3. The maximum Gasteiger partial charge on any atom is 0.0342 e. The van der Waals surface area contributed by atoms with Crippen molar-refractivity contribution in [2.75, 3.05) is 5.32 Å². The summed E-state index contributed by atoms with van der Waals surface area (Å²) in [7, 11) is 0. The van der Waals surface area contributed by atoms with Gasteiger partial charge in [-0.3, -0.25) is 0 Å². The van der Waals surface area contributed by atoms with E-state index in [2.05, 4.69) is 79.0 Å². The summed E-state index contributed by atoms with van der Waals surface area (Å²) in [5.41, 5.74) is 2.58. The van der Waals surface area contributed by atoms with E-state index in [-0.39, 0.29) is 0 Å². The first-order chi connectivity index (χ1) is 9.83. The van der Waals surface area contributed by atoms with Crippen LogP contribution in [-0.2, 0) is 6.42 Å². The Kier molecular flexibility index (Phi) is 3.69. The quantitative estimate of drug-likeness (QED) is 0.705. The van der Waals surface area contributed by atoms with E-state index in [0.717, 1.165) is 6.42 Å². The van der Waals surface area contributed by atoms with E-state index < -0.39 is 0 Å². The van der Waals surface area contributed by atoms with Gasteiger partial charge in [0.1, 0.15) is 0 Å². The summed E-state index contributed by atoms with van der Waals surface area (Å²) < 4.78 is 0. The Morgan fingerprint density at radius 3 is 2.35 bits per heavy atom. The molecule has 1 heteroatoms. The SMILES string of the molecule is CC(Cc1cccc2ccccc12)Nc1ccccc1. The average molecular weight is 261 g/mol. The van der Waals surface area contributed by atoms with Crippen LogP contribution < -0.4 is 5.32 Å². The largest absolute Gasteiger partial charge is 0.382 e. The van der Waals surface area contributed by atoms with E-state index in [1.54, 1.807) is 0 Å². The molecular weight excluding hydrogens is 242 g/mol. The number of anilines is 1.